The maximum absolute atomic E-state index is 5.51. The highest BCUT2D eigenvalue weighted by molar-refractivity contribution is 4.67. The molecule has 0 radical (unpaired) electrons. The van der Waals surface area contributed by atoms with Crippen molar-refractivity contribution in [3.63, 3.8) is 0 Å². The first-order valence-corrected chi connectivity index (χ1v) is 5.26. The third-order valence-electron chi connectivity index (χ3n) is 2.35. The Bertz CT molecular complexity index is 122. The lowest BCUT2D eigenvalue weighted by Crippen LogP contribution is -2.28. The number of rotatable bonds is 6. The highest BCUT2D eigenvalue weighted by Gasteiger charge is 2.13. The number of hydrogen-bond donors (Lipinski definition) is 1. The molecule has 1 N–H and O–H groups in total. The summed E-state index contributed by atoms with van der Waals surface area (Å²) < 4.78 is 5.51. The average molecular weight is 186 g/mol. The van der Waals surface area contributed by atoms with Crippen LogP contribution in [-0.2, 0) is 4.74 Å². The lowest BCUT2D eigenvalue weighted by atomic mass is 10.2. The Morgan fingerprint density at radius 1 is 1.46 bits per heavy atom. The van der Waals surface area contributed by atoms with Gasteiger partial charge in [0.15, 0.2) is 0 Å². The zero-order valence-corrected chi connectivity index (χ0v) is 8.88. The number of nitrogens with one attached hydrogen (secondary N) is 1. The van der Waals surface area contributed by atoms with Crippen molar-refractivity contribution < 1.29 is 4.74 Å². The molecule has 1 aliphatic rings. The van der Waals surface area contributed by atoms with Crippen LogP contribution in [0.5, 0.6) is 0 Å². The fraction of sp³-hybridized carbons (Fsp3) is 1.00. The van der Waals surface area contributed by atoms with E-state index in [-0.39, 0.29) is 0 Å². The highest BCUT2D eigenvalue weighted by Crippen LogP contribution is 2.10. The largest absolute Gasteiger partial charge is 0.377 e. The summed E-state index contributed by atoms with van der Waals surface area (Å²) in [6, 6.07) is 0. The second-order valence-corrected chi connectivity index (χ2v) is 4.00. The molecular formula is C10H22N2O. The van der Waals surface area contributed by atoms with Gasteiger partial charge in [0.05, 0.1) is 6.10 Å². The molecule has 0 aromatic carbocycles. The molecule has 0 aliphatic carbocycles. The molecule has 0 amide bonds. The summed E-state index contributed by atoms with van der Waals surface area (Å²) in [6.45, 7) is 4.27. The molecule has 1 atom stereocenters. The minimum Gasteiger partial charge on any atom is -0.377 e. The van der Waals surface area contributed by atoms with Gasteiger partial charge in [-0.1, -0.05) is 0 Å². The first-order chi connectivity index (χ1) is 6.29. The van der Waals surface area contributed by atoms with E-state index in [1.807, 2.05) is 0 Å². The molecule has 0 saturated carbocycles. The molecule has 1 fully saturated rings. The SMILES string of the molecule is CN(C)CCCNC[C@H]1CCCO1. The molecule has 0 aromatic heterocycles. The van der Waals surface area contributed by atoms with E-state index < -0.39 is 0 Å². The molecule has 3 heteroatoms. The van der Waals surface area contributed by atoms with Gasteiger partial charge in [-0.2, -0.15) is 0 Å². The highest BCUT2D eigenvalue weighted by atomic mass is 16.5. The summed E-state index contributed by atoms with van der Waals surface area (Å²) in [4.78, 5) is 2.22. The normalized spacial score (nSPS) is 22.8. The van der Waals surface area contributed by atoms with Gasteiger partial charge < -0.3 is 15.0 Å². The second kappa shape index (κ2) is 6.35. The number of ether oxygens (including phenoxy) is 1. The molecule has 0 spiro atoms. The average Bonchev–Trinajstić information content (AvgIpc) is 2.55. The van der Waals surface area contributed by atoms with Gasteiger partial charge in [-0.05, 0) is 46.4 Å². The van der Waals surface area contributed by atoms with Crippen LogP contribution >= 0.6 is 0 Å². The van der Waals surface area contributed by atoms with Gasteiger partial charge in [-0.15, -0.1) is 0 Å². The fourth-order valence-corrected chi connectivity index (χ4v) is 1.59. The molecule has 1 aliphatic heterocycles. The third-order valence-corrected chi connectivity index (χ3v) is 2.35. The Labute approximate surface area is 81.4 Å². The molecule has 0 aromatic rings. The zero-order chi connectivity index (χ0) is 9.52. The standard InChI is InChI=1S/C10H22N2O/c1-12(2)7-4-6-11-9-10-5-3-8-13-10/h10-11H,3-9H2,1-2H3/t10-/m1/s1. The lowest BCUT2D eigenvalue weighted by molar-refractivity contribution is 0.110. The van der Waals surface area contributed by atoms with Crippen LogP contribution in [0.4, 0.5) is 0 Å². The molecule has 13 heavy (non-hydrogen) atoms. The number of hydrogen-bond acceptors (Lipinski definition) is 3. The summed E-state index contributed by atoms with van der Waals surface area (Å²) in [5.74, 6) is 0. The first kappa shape index (κ1) is 11.0. The van der Waals surface area contributed by atoms with Crippen LogP contribution in [0.2, 0.25) is 0 Å². The topological polar surface area (TPSA) is 24.5 Å². The molecular weight excluding hydrogens is 164 g/mol. The summed E-state index contributed by atoms with van der Waals surface area (Å²) in [5, 5.41) is 3.43. The van der Waals surface area contributed by atoms with E-state index >= 15 is 0 Å². The molecule has 1 rings (SSSR count). The predicted molar refractivity (Wildman–Crippen MR) is 55.0 cm³/mol. The van der Waals surface area contributed by atoms with E-state index in [1.165, 1.54) is 25.8 Å². The Balaban J connectivity index is 1.83. The van der Waals surface area contributed by atoms with Crippen molar-refractivity contribution in [2.24, 2.45) is 0 Å². The van der Waals surface area contributed by atoms with Crippen LogP contribution in [0.25, 0.3) is 0 Å². The van der Waals surface area contributed by atoms with Crippen molar-refractivity contribution in [3.05, 3.63) is 0 Å². The van der Waals surface area contributed by atoms with Gasteiger partial charge in [-0.3, -0.25) is 0 Å². The maximum atomic E-state index is 5.51. The predicted octanol–water partition coefficient (Wildman–Crippen LogP) is 0.707. The molecule has 78 valence electrons. The molecule has 3 nitrogen and oxygen atoms in total. The van der Waals surface area contributed by atoms with Crippen LogP contribution in [0.1, 0.15) is 19.3 Å². The van der Waals surface area contributed by atoms with E-state index in [2.05, 4.69) is 24.3 Å². The Kier molecular flexibility index (Phi) is 5.35. The van der Waals surface area contributed by atoms with Crippen molar-refractivity contribution in [1.82, 2.24) is 10.2 Å². The summed E-state index contributed by atoms with van der Waals surface area (Å²) in [5.41, 5.74) is 0. The molecule has 0 unspecified atom stereocenters. The first-order valence-electron chi connectivity index (χ1n) is 5.26. The van der Waals surface area contributed by atoms with E-state index in [0.29, 0.717) is 6.10 Å². The smallest absolute Gasteiger partial charge is 0.0700 e. The van der Waals surface area contributed by atoms with Gasteiger partial charge >= 0.3 is 0 Å². The molecule has 0 bridgehead atoms. The van der Waals surface area contributed by atoms with Crippen LogP contribution in [-0.4, -0.2) is 51.3 Å². The Morgan fingerprint density at radius 2 is 2.31 bits per heavy atom. The number of nitrogens with zero attached hydrogens (tertiary/aromatic N) is 1. The minimum atomic E-state index is 0.486. The zero-order valence-electron chi connectivity index (χ0n) is 8.88. The van der Waals surface area contributed by atoms with Crippen LogP contribution in [0, 0.1) is 0 Å². The van der Waals surface area contributed by atoms with Crippen molar-refractivity contribution >= 4 is 0 Å². The lowest BCUT2D eigenvalue weighted by Gasteiger charge is -2.12. The summed E-state index contributed by atoms with van der Waals surface area (Å²) in [6.07, 6.45) is 4.18. The van der Waals surface area contributed by atoms with Crippen LogP contribution < -0.4 is 5.32 Å². The van der Waals surface area contributed by atoms with Gasteiger partial charge in [-0.25, -0.2) is 0 Å². The molecule has 1 heterocycles. The second-order valence-electron chi connectivity index (χ2n) is 4.00. The van der Waals surface area contributed by atoms with E-state index in [0.717, 1.165) is 19.7 Å². The van der Waals surface area contributed by atoms with E-state index in [1.54, 1.807) is 0 Å². The van der Waals surface area contributed by atoms with Crippen molar-refractivity contribution in [2.45, 2.75) is 25.4 Å². The minimum absolute atomic E-state index is 0.486. The summed E-state index contributed by atoms with van der Waals surface area (Å²) in [7, 11) is 4.22. The Hall–Kier alpha value is -0.120. The summed E-state index contributed by atoms with van der Waals surface area (Å²) >= 11 is 0. The monoisotopic (exact) mass is 186 g/mol. The third kappa shape index (κ3) is 5.24. The van der Waals surface area contributed by atoms with Crippen LogP contribution in [0.3, 0.4) is 0 Å². The van der Waals surface area contributed by atoms with Crippen molar-refractivity contribution in [3.8, 4) is 0 Å². The van der Waals surface area contributed by atoms with Gasteiger partial charge in [0, 0.05) is 13.2 Å². The van der Waals surface area contributed by atoms with Gasteiger partial charge in [0.25, 0.3) is 0 Å². The fourth-order valence-electron chi connectivity index (χ4n) is 1.59. The van der Waals surface area contributed by atoms with Crippen molar-refractivity contribution in [2.75, 3.05) is 40.3 Å². The van der Waals surface area contributed by atoms with Gasteiger partial charge in [0.2, 0.25) is 0 Å². The Morgan fingerprint density at radius 3 is 2.92 bits per heavy atom. The van der Waals surface area contributed by atoms with Crippen LogP contribution in [0.15, 0.2) is 0 Å². The maximum Gasteiger partial charge on any atom is 0.0700 e. The quantitative estimate of drug-likeness (QED) is 0.618. The van der Waals surface area contributed by atoms with E-state index in [9.17, 15) is 0 Å². The van der Waals surface area contributed by atoms with Gasteiger partial charge in [0.1, 0.15) is 0 Å². The molecule has 1 saturated heterocycles. The van der Waals surface area contributed by atoms with Crippen molar-refractivity contribution in [1.29, 1.82) is 0 Å². The van der Waals surface area contributed by atoms with E-state index in [4.69, 9.17) is 4.74 Å².